The fourth-order valence-corrected chi connectivity index (χ4v) is 3.28. The smallest absolute Gasteiger partial charge is 0.416 e. The predicted octanol–water partition coefficient (Wildman–Crippen LogP) is 4.99. The number of para-hydroxylation sites is 2. The molecule has 0 aliphatic rings. The van der Waals surface area contributed by atoms with Crippen LogP contribution in [0.4, 0.5) is 30.2 Å². The monoisotopic (exact) mass is 554 g/mol. The Bertz CT molecular complexity index is 1580. The maximum absolute atomic E-state index is 12.9. The average molecular weight is 554 g/mol. The number of rotatable bonds is 6. The van der Waals surface area contributed by atoms with Gasteiger partial charge in [0.05, 0.1) is 16.9 Å². The van der Waals surface area contributed by atoms with Gasteiger partial charge in [-0.2, -0.15) is 13.2 Å². The van der Waals surface area contributed by atoms with E-state index in [0.29, 0.717) is 40.3 Å². The number of carbonyl (C=O) groups is 4. The number of amides is 2. The third-order valence-corrected chi connectivity index (χ3v) is 5.18. The number of carboxylic acid groups (broad SMARTS) is 2. The van der Waals surface area contributed by atoms with E-state index in [4.69, 9.17) is 15.9 Å². The molecule has 4 aromatic rings. The van der Waals surface area contributed by atoms with Gasteiger partial charge in [-0.3, -0.25) is 9.59 Å². The van der Waals surface area contributed by atoms with Crippen LogP contribution in [0.1, 0.15) is 26.4 Å². The number of nitrogens with two attached hydrogens (primary N) is 1. The zero-order chi connectivity index (χ0) is 29.4. The van der Waals surface area contributed by atoms with E-state index in [1.54, 1.807) is 36.4 Å². The van der Waals surface area contributed by atoms with Crippen molar-refractivity contribution in [3.8, 4) is 0 Å². The van der Waals surface area contributed by atoms with Crippen LogP contribution in [0.2, 0.25) is 0 Å². The van der Waals surface area contributed by atoms with Crippen molar-refractivity contribution in [2.45, 2.75) is 6.18 Å². The van der Waals surface area contributed by atoms with Crippen molar-refractivity contribution >= 4 is 51.7 Å². The lowest BCUT2D eigenvalue weighted by Crippen LogP contribution is -2.14. The molecule has 0 unspecified atom stereocenters. The van der Waals surface area contributed by atoms with Crippen LogP contribution < -0.4 is 16.4 Å². The Hall–Kier alpha value is -5.59. The van der Waals surface area contributed by atoms with Gasteiger partial charge in [-0.1, -0.05) is 12.1 Å². The first-order valence-electron chi connectivity index (χ1n) is 11.2. The molecule has 2 amide bonds. The number of anilines is 3. The molecule has 0 radical (unpaired) electrons. The third-order valence-electron chi connectivity index (χ3n) is 5.18. The van der Waals surface area contributed by atoms with Crippen LogP contribution in [0, 0.1) is 0 Å². The largest absolute Gasteiger partial charge is 0.478 e. The van der Waals surface area contributed by atoms with Crippen molar-refractivity contribution in [2.75, 3.05) is 16.4 Å². The molecular formula is C27H21F3N4O6. The minimum absolute atomic E-state index is 0.112. The third kappa shape index (κ3) is 7.95. The molecule has 0 saturated carbocycles. The Morgan fingerprint density at radius 2 is 1.43 bits per heavy atom. The molecule has 1 heterocycles. The maximum Gasteiger partial charge on any atom is 0.416 e. The number of carbonyl (C=O) groups excluding carboxylic acids is 2. The molecule has 1 aromatic heterocycles. The highest BCUT2D eigenvalue weighted by atomic mass is 19.4. The van der Waals surface area contributed by atoms with Crippen molar-refractivity contribution in [1.82, 2.24) is 4.98 Å². The normalized spacial score (nSPS) is 11.0. The molecule has 0 saturated heterocycles. The summed E-state index contributed by atoms with van der Waals surface area (Å²) in [5.74, 6) is -3.40. The van der Waals surface area contributed by atoms with Crippen LogP contribution in [0.5, 0.6) is 0 Å². The number of H-pyrrole nitrogens is 1. The van der Waals surface area contributed by atoms with Gasteiger partial charge < -0.3 is 31.6 Å². The second-order valence-electron chi connectivity index (χ2n) is 8.07. The number of aromatic nitrogens is 1. The first-order chi connectivity index (χ1) is 18.8. The lowest BCUT2D eigenvalue weighted by Gasteiger charge is -2.09. The van der Waals surface area contributed by atoms with Gasteiger partial charge in [-0.05, 0) is 60.7 Å². The van der Waals surface area contributed by atoms with Crippen LogP contribution in [0.15, 0.2) is 84.9 Å². The molecule has 206 valence electrons. The van der Waals surface area contributed by atoms with E-state index < -0.39 is 29.6 Å². The molecule has 10 nitrogen and oxygen atoms in total. The number of carboxylic acids is 2. The minimum Gasteiger partial charge on any atom is -0.478 e. The number of alkyl halides is 3. The van der Waals surface area contributed by atoms with E-state index in [2.05, 4.69) is 15.6 Å². The zero-order valence-electron chi connectivity index (χ0n) is 20.3. The summed E-state index contributed by atoms with van der Waals surface area (Å²) in [6.07, 6.45) is -3.35. The van der Waals surface area contributed by atoms with Crippen LogP contribution in [0.25, 0.3) is 10.9 Å². The van der Waals surface area contributed by atoms with Crippen molar-refractivity contribution in [1.29, 1.82) is 0 Å². The molecule has 13 heteroatoms. The summed E-state index contributed by atoms with van der Waals surface area (Å²) in [5, 5.41) is 21.3. The number of nitrogen functional groups attached to an aromatic ring is 1. The molecular weight excluding hydrogens is 533 g/mol. The molecule has 0 bridgehead atoms. The number of hydrogen-bond donors (Lipinski definition) is 6. The Balaban J connectivity index is 0.000000482. The summed E-state index contributed by atoms with van der Waals surface area (Å²) in [4.78, 5) is 46.8. The summed E-state index contributed by atoms with van der Waals surface area (Å²) >= 11 is 0. The first kappa shape index (κ1) is 29.0. The Morgan fingerprint density at radius 3 is 2.00 bits per heavy atom. The number of aliphatic carboxylic acids is 2. The van der Waals surface area contributed by atoms with E-state index in [9.17, 15) is 32.3 Å². The number of benzene rings is 3. The van der Waals surface area contributed by atoms with Gasteiger partial charge in [0.25, 0.3) is 11.8 Å². The van der Waals surface area contributed by atoms with Crippen molar-refractivity contribution < 1.29 is 42.6 Å². The fourth-order valence-electron chi connectivity index (χ4n) is 3.28. The molecule has 0 aliphatic carbocycles. The Labute approximate surface area is 223 Å². The molecule has 4 rings (SSSR count). The number of fused-ring (bicyclic) bond motifs is 1. The topological polar surface area (TPSA) is 175 Å². The van der Waals surface area contributed by atoms with Gasteiger partial charge in [0, 0.05) is 34.3 Å². The van der Waals surface area contributed by atoms with Gasteiger partial charge in [0.1, 0.15) is 5.69 Å². The van der Waals surface area contributed by atoms with Gasteiger partial charge in [-0.15, -0.1) is 0 Å². The van der Waals surface area contributed by atoms with Gasteiger partial charge >= 0.3 is 18.1 Å². The molecule has 0 aliphatic heterocycles. The van der Waals surface area contributed by atoms with Gasteiger partial charge in [0.15, 0.2) is 0 Å². The molecule has 7 N–H and O–H groups in total. The van der Waals surface area contributed by atoms with Crippen molar-refractivity contribution in [3.05, 3.63) is 102 Å². The minimum atomic E-state index is -4.46. The number of aromatic amines is 1. The van der Waals surface area contributed by atoms with E-state index in [-0.39, 0.29) is 17.0 Å². The van der Waals surface area contributed by atoms with Crippen LogP contribution in [0.3, 0.4) is 0 Å². The molecule has 3 aromatic carbocycles. The first-order valence-corrected chi connectivity index (χ1v) is 11.2. The molecule has 40 heavy (non-hydrogen) atoms. The predicted molar refractivity (Wildman–Crippen MR) is 141 cm³/mol. The van der Waals surface area contributed by atoms with E-state index in [0.717, 1.165) is 12.1 Å². The summed E-state index contributed by atoms with van der Waals surface area (Å²) in [6.45, 7) is 0. The van der Waals surface area contributed by atoms with E-state index in [1.165, 1.54) is 24.3 Å². The number of nitrogens with one attached hydrogen (secondary N) is 3. The van der Waals surface area contributed by atoms with Crippen molar-refractivity contribution in [3.63, 3.8) is 0 Å². The Morgan fingerprint density at radius 1 is 0.800 bits per heavy atom. The highest BCUT2D eigenvalue weighted by Crippen LogP contribution is 2.31. The van der Waals surface area contributed by atoms with Gasteiger partial charge in [0.2, 0.25) is 0 Å². The van der Waals surface area contributed by atoms with E-state index in [1.807, 2.05) is 0 Å². The SMILES string of the molecule is Nc1ccccc1NC(=O)c1ccc(NC(=O)c2cc3cc(C(F)(F)F)ccc3[nH]2)cc1.O=C(O)/C=C\C(=O)O. The maximum atomic E-state index is 12.9. The molecule has 0 spiro atoms. The second-order valence-corrected chi connectivity index (χ2v) is 8.07. The molecule has 0 fully saturated rings. The number of halogens is 3. The van der Waals surface area contributed by atoms with Crippen LogP contribution >= 0.6 is 0 Å². The highest BCUT2D eigenvalue weighted by Gasteiger charge is 2.30. The van der Waals surface area contributed by atoms with Gasteiger partial charge in [-0.25, -0.2) is 9.59 Å². The fraction of sp³-hybridized carbons (Fsp3) is 0.0370. The van der Waals surface area contributed by atoms with Crippen molar-refractivity contribution in [2.24, 2.45) is 0 Å². The summed E-state index contributed by atoms with van der Waals surface area (Å²) < 4.78 is 38.6. The quantitative estimate of drug-likeness (QED) is 0.144. The summed E-state index contributed by atoms with van der Waals surface area (Å²) in [7, 11) is 0. The second kappa shape index (κ2) is 12.3. The average Bonchev–Trinajstić information content (AvgIpc) is 3.33. The zero-order valence-corrected chi connectivity index (χ0v) is 20.3. The van der Waals surface area contributed by atoms with Crippen LogP contribution in [-0.2, 0) is 15.8 Å². The lowest BCUT2D eigenvalue weighted by molar-refractivity contribution is -0.137. The molecule has 0 atom stereocenters. The lowest BCUT2D eigenvalue weighted by atomic mass is 10.1. The van der Waals surface area contributed by atoms with E-state index >= 15 is 0 Å². The summed E-state index contributed by atoms with van der Waals surface area (Å²) in [5.41, 5.74) is 7.25. The number of hydrogen-bond acceptors (Lipinski definition) is 5. The summed E-state index contributed by atoms with van der Waals surface area (Å²) in [6, 6.07) is 17.6. The highest BCUT2D eigenvalue weighted by molar-refractivity contribution is 6.07. The Kier molecular flexibility index (Phi) is 8.91. The van der Waals surface area contributed by atoms with Crippen LogP contribution in [-0.4, -0.2) is 39.0 Å². The standard InChI is InChI=1S/C23H17F3N4O2.C4H4O4/c24-23(25,26)15-7-10-18-14(11-15)12-20(29-18)22(32)28-16-8-5-13(6-9-16)21(31)30-19-4-2-1-3-17(19)27;5-3(6)1-2-4(7)8/h1-12,29H,27H2,(H,28,32)(H,30,31);1-2H,(H,5,6)(H,7,8)/b;2-1-.